The van der Waals surface area contributed by atoms with Gasteiger partial charge in [0, 0.05) is 41.4 Å². The SMILES string of the molecule is O=C(Nc1ccc(C(=O)N2CCC(c3nc(-c4ccc(F)cc4)no3)CC2)cc1)c1ccccc1. The summed E-state index contributed by atoms with van der Waals surface area (Å²) in [5.41, 5.74) is 2.46. The molecule has 4 aromatic rings. The molecule has 0 bridgehead atoms. The number of aromatic nitrogens is 2. The zero-order valence-corrected chi connectivity index (χ0v) is 18.9. The molecule has 2 amide bonds. The van der Waals surface area contributed by atoms with Crippen molar-refractivity contribution in [2.45, 2.75) is 18.8 Å². The average Bonchev–Trinajstić information content (AvgIpc) is 3.40. The van der Waals surface area contributed by atoms with Crippen molar-refractivity contribution in [1.29, 1.82) is 0 Å². The number of likely N-dealkylation sites (tertiary alicyclic amines) is 1. The minimum Gasteiger partial charge on any atom is -0.339 e. The molecule has 0 unspecified atom stereocenters. The summed E-state index contributed by atoms with van der Waals surface area (Å²) in [6.45, 7) is 1.15. The van der Waals surface area contributed by atoms with Gasteiger partial charge in [0.05, 0.1) is 0 Å². The first kappa shape index (κ1) is 22.5. The van der Waals surface area contributed by atoms with E-state index in [0.717, 1.165) is 0 Å². The molecule has 7 nitrogen and oxygen atoms in total. The fourth-order valence-corrected chi connectivity index (χ4v) is 4.12. The number of carbonyl (C=O) groups excluding carboxylic acids is 2. The molecular weight excluding hydrogens is 447 g/mol. The average molecular weight is 471 g/mol. The van der Waals surface area contributed by atoms with Crippen molar-refractivity contribution in [2.75, 3.05) is 18.4 Å². The Balaban J connectivity index is 1.16. The molecular formula is C27H23FN4O3. The normalized spacial score (nSPS) is 14.0. The minimum absolute atomic E-state index is 0.0538. The number of piperidine rings is 1. The Morgan fingerprint density at radius 3 is 2.26 bits per heavy atom. The van der Waals surface area contributed by atoms with E-state index in [1.54, 1.807) is 48.5 Å². The van der Waals surface area contributed by atoms with Crippen LogP contribution in [0.5, 0.6) is 0 Å². The molecule has 2 heterocycles. The molecule has 8 heteroatoms. The maximum atomic E-state index is 13.1. The van der Waals surface area contributed by atoms with Crippen LogP contribution in [0.3, 0.4) is 0 Å². The lowest BCUT2D eigenvalue weighted by Crippen LogP contribution is -2.38. The van der Waals surface area contributed by atoms with Gasteiger partial charge >= 0.3 is 0 Å². The summed E-state index contributed by atoms with van der Waals surface area (Å²) in [5, 5.41) is 6.86. The summed E-state index contributed by atoms with van der Waals surface area (Å²) in [4.78, 5) is 31.6. The highest BCUT2D eigenvalue weighted by Crippen LogP contribution is 2.29. The smallest absolute Gasteiger partial charge is 0.255 e. The molecule has 1 aliphatic rings. The van der Waals surface area contributed by atoms with Crippen molar-refractivity contribution in [2.24, 2.45) is 0 Å². The Morgan fingerprint density at radius 1 is 0.886 bits per heavy atom. The van der Waals surface area contributed by atoms with Crippen LogP contribution in [0.1, 0.15) is 45.4 Å². The van der Waals surface area contributed by atoms with Gasteiger partial charge in [-0.15, -0.1) is 0 Å². The maximum Gasteiger partial charge on any atom is 0.255 e. The van der Waals surface area contributed by atoms with E-state index in [2.05, 4.69) is 15.5 Å². The van der Waals surface area contributed by atoms with Gasteiger partial charge < -0.3 is 14.7 Å². The van der Waals surface area contributed by atoms with Gasteiger partial charge in [-0.3, -0.25) is 9.59 Å². The number of rotatable bonds is 5. The van der Waals surface area contributed by atoms with Crippen molar-refractivity contribution < 1.29 is 18.5 Å². The van der Waals surface area contributed by atoms with Gasteiger partial charge in [-0.1, -0.05) is 23.4 Å². The summed E-state index contributed by atoms with van der Waals surface area (Å²) in [7, 11) is 0. The molecule has 1 N–H and O–H groups in total. The van der Waals surface area contributed by atoms with E-state index in [1.807, 2.05) is 23.1 Å². The van der Waals surface area contributed by atoms with E-state index < -0.39 is 0 Å². The largest absolute Gasteiger partial charge is 0.339 e. The van der Waals surface area contributed by atoms with Crippen LogP contribution >= 0.6 is 0 Å². The van der Waals surface area contributed by atoms with Gasteiger partial charge in [0.1, 0.15) is 5.82 Å². The van der Waals surface area contributed by atoms with Crippen molar-refractivity contribution in [3.8, 4) is 11.4 Å². The number of carbonyl (C=O) groups is 2. The van der Waals surface area contributed by atoms with E-state index in [0.29, 0.717) is 60.0 Å². The van der Waals surface area contributed by atoms with Gasteiger partial charge in [0.2, 0.25) is 11.7 Å². The molecule has 1 aliphatic heterocycles. The maximum absolute atomic E-state index is 13.1. The number of hydrogen-bond acceptors (Lipinski definition) is 5. The second-order valence-corrected chi connectivity index (χ2v) is 8.43. The van der Waals surface area contributed by atoms with Crippen LogP contribution in [0.2, 0.25) is 0 Å². The highest BCUT2D eigenvalue weighted by Gasteiger charge is 2.28. The number of amides is 2. The van der Waals surface area contributed by atoms with Crippen molar-refractivity contribution in [3.63, 3.8) is 0 Å². The van der Waals surface area contributed by atoms with Crippen LogP contribution in [-0.2, 0) is 0 Å². The van der Waals surface area contributed by atoms with Crippen LogP contribution in [0.15, 0.2) is 83.4 Å². The summed E-state index contributed by atoms with van der Waals surface area (Å²) >= 11 is 0. The predicted octanol–water partition coefficient (Wildman–Crippen LogP) is 5.15. The summed E-state index contributed by atoms with van der Waals surface area (Å²) in [5.74, 6) is 0.461. The monoisotopic (exact) mass is 470 g/mol. The summed E-state index contributed by atoms with van der Waals surface area (Å²) in [6, 6.07) is 21.8. The molecule has 0 saturated carbocycles. The fourth-order valence-electron chi connectivity index (χ4n) is 4.12. The van der Waals surface area contributed by atoms with Crippen LogP contribution in [0, 0.1) is 5.82 Å². The van der Waals surface area contributed by atoms with Crippen LogP contribution < -0.4 is 5.32 Å². The first-order chi connectivity index (χ1) is 17.1. The van der Waals surface area contributed by atoms with Crippen molar-refractivity contribution in [1.82, 2.24) is 15.0 Å². The Hall–Kier alpha value is -4.33. The van der Waals surface area contributed by atoms with Crippen molar-refractivity contribution in [3.05, 3.63) is 102 Å². The second kappa shape index (κ2) is 9.89. The standard InChI is InChI=1S/C27H23FN4O3/c28-22-10-6-18(7-11-22)24-30-26(35-31-24)20-14-16-32(17-15-20)27(34)21-8-12-23(13-9-21)29-25(33)19-4-2-1-3-5-19/h1-13,20H,14-17H2,(H,29,33). The molecule has 1 fully saturated rings. The number of hydrogen-bond donors (Lipinski definition) is 1. The lowest BCUT2D eigenvalue weighted by atomic mass is 9.96. The van der Waals surface area contributed by atoms with E-state index in [4.69, 9.17) is 4.52 Å². The zero-order chi connectivity index (χ0) is 24.2. The molecule has 5 rings (SSSR count). The quantitative estimate of drug-likeness (QED) is 0.436. The van der Waals surface area contributed by atoms with E-state index in [9.17, 15) is 14.0 Å². The molecule has 0 spiro atoms. The number of nitrogens with zero attached hydrogens (tertiary/aromatic N) is 3. The number of benzene rings is 3. The third-order valence-electron chi connectivity index (χ3n) is 6.10. The predicted molar refractivity (Wildman–Crippen MR) is 128 cm³/mol. The lowest BCUT2D eigenvalue weighted by Gasteiger charge is -2.30. The third-order valence-corrected chi connectivity index (χ3v) is 6.10. The van der Waals surface area contributed by atoms with Crippen LogP contribution in [0.4, 0.5) is 10.1 Å². The Bertz CT molecular complexity index is 1310. The number of nitrogens with one attached hydrogen (secondary N) is 1. The van der Waals surface area contributed by atoms with Gasteiger partial charge in [-0.25, -0.2) is 4.39 Å². The van der Waals surface area contributed by atoms with E-state index in [-0.39, 0.29) is 23.5 Å². The molecule has 0 atom stereocenters. The first-order valence-corrected chi connectivity index (χ1v) is 11.4. The third kappa shape index (κ3) is 5.11. The summed E-state index contributed by atoms with van der Waals surface area (Å²) in [6.07, 6.45) is 1.42. The van der Waals surface area contributed by atoms with Gasteiger partial charge in [-0.05, 0) is 73.5 Å². The summed E-state index contributed by atoms with van der Waals surface area (Å²) < 4.78 is 18.6. The van der Waals surface area contributed by atoms with Gasteiger partial charge in [0.15, 0.2) is 0 Å². The Morgan fingerprint density at radius 2 is 1.57 bits per heavy atom. The first-order valence-electron chi connectivity index (χ1n) is 11.4. The van der Waals surface area contributed by atoms with Crippen LogP contribution in [-0.4, -0.2) is 39.9 Å². The van der Waals surface area contributed by atoms with E-state index >= 15 is 0 Å². The lowest BCUT2D eigenvalue weighted by molar-refractivity contribution is 0.0704. The highest BCUT2D eigenvalue weighted by molar-refractivity contribution is 6.04. The fraction of sp³-hybridized carbons (Fsp3) is 0.185. The minimum atomic E-state index is -0.318. The highest BCUT2D eigenvalue weighted by atomic mass is 19.1. The second-order valence-electron chi connectivity index (χ2n) is 8.43. The number of anilines is 1. The van der Waals surface area contributed by atoms with Crippen LogP contribution in [0.25, 0.3) is 11.4 Å². The van der Waals surface area contributed by atoms with Gasteiger partial charge in [-0.2, -0.15) is 4.98 Å². The topological polar surface area (TPSA) is 88.3 Å². The molecule has 1 aromatic heterocycles. The molecule has 35 heavy (non-hydrogen) atoms. The molecule has 176 valence electrons. The number of halogens is 1. The van der Waals surface area contributed by atoms with E-state index in [1.165, 1.54) is 12.1 Å². The Labute approximate surface area is 201 Å². The Kier molecular flexibility index (Phi) is 6.34. The van der Waals surface area contributed by atoms with Crippen molar-refractivity contribution >= 4 is 17.5 Å². The van der Waals surface area contributed by atoms with Gasteiger partial charge in [0.25, 0.3) is 11.8 Å². The zero-order valence-electron chi connectivity index (χ0n) is 18.9. The molecule has 3 aromatic carbocycles. The molecule has 1 saturated heterocycles. The molecule has 0 aliphatic carbocycles. The molecule has 0 radical (unpaired) electrons.